The summed E-state index contributed by atoms with van der Waals surface area (Å²) in [5.74, 6) is 0. The zero-order valence-electron chi connectivity index (χ0n) is 8.51. The molecule has 0 aliphatic carbocycles. The lowest BCUT2D eigenvalue weighted by Crippen LogP contribution is -2.50. The van der Waals surface area contributed by atoms with E-state index in [1.54, 1.807) is 0 Å². The van der Waals surface area contributed by atoms with Crippen molar-refractivity contribution >= 4 is 0 Å². The second-order valence-electron chi connectivity index (χ2n) is 4.42. The van der Waals surface area contributed by atoms with Crippen LogP contribution in [0.15, 0.2) is 0 Å². The van der Waals surface area contributed by atoms with E-state index >= 15 is 0 Å². The minimum absolute atomic E-state index is 0.0911. The molecule has 0 bridgehead atoms. The minimum atomic E-state index is 0.0911. The van der Waals surface area contributed by atoms with Gasteiger partial charge in [0.05, 0.1) is 12.2 Å². The number of morpholine rings is 1. The number of rotatable bonds is 3. The molecule has 13 heavy (non-hydrogen) atoms. The van der Waals surface area contributed by atoms with Crippen molar-refractivity contribution in [2.24, 2.45) is 0 Å². The van der Waals surface area contributed by atoms with Crippen LogP contribution in [0.5, 0.6) is 0 Å². The van der Waals surface area contributed by atoms with Crippen LogP contribution in [-0.2, 0) is 4.74 Å². The van der Waals surface area contributed by atoms with E-state index in [1.165, 1.54) is 32.5 Å². The molecule has 0 aromatic carbocycles. The van der Waals surface area contributed by atoms with Gasteiger partial charge in [-0.3, -0.25) is 0 Å². The van der Waals surface area contributed by atoms with Crippen molar-refractivity contribution in [1.82, 2.24) is 10.2 Å². The molecule has 0 saturated carbocycles. The molecule has 0 aromatic rings. The molecule has 2 aliphatic rings. The van der Waals surface area contributed by atoms with Crippen molar-refractivity contribution in [3.63, 3.8) is 0 Å². The number of ether oxygens (including phenoxy) is 1. The molecule has 1 atom stereocenters. The van der Waals surface area contributed by atoms with Crippen molar-refractivity contribution < 1.29 is 4.74 Å². The maximum absolute atomic E-state index is 5.80. The van der Waals surface area contributed by atoms with Gasteiger partial charge in [0.2, 0.25) is 0 Å². The Morgan fingerprint density at radius 2 is 2.31 bits per heavy atom. The summed E-state index contributed by atoms with van der Waals surface area (Å²) in [6.45, 7) is 8.92. The van der Waals surface area contributed by atoms with Gasteiger partial charge in [-0.1, -0.05) is 0 Å². The molecule has 3 nitrogen and oxygen atoms in total. The van der Waals surface area contributed by atoms with E-state index in [0.29, 0.717) is 0 Å². The standard InChI is InChI=1S/C10H20N2O/c1-10(9-11-4-8-13-10)3-7-12-5-2-6-12/h11H,2-9H2,1H3. The molecule has 2 saturated heterocycles. The monoisotopic (exact) mass is 184 g/mol. The van der Waals surface area contributed by atoms with Crippen LogP contribution in [-0.4, -0.2) is 49.8 Å². The smallest absolute Gasteiger partial charge is 0.0791 e. The first kappa shape index (κ1) is 9.44. The minimum Gasteiger partial charge on any atom is -0.373 e. The zero-order valence-corrected chi connectivity index (χ0v) is 8.51. The summed E-state index contributed by atoms with van der Waals surface area (Å²) in [5.41, 5.74) is 0.0911. The highest BCUT2D eigenvalue weighted by Crippen LogP contribution is 2.19. The molecule has 0 radical (unpaired) electrons. The van der Waals surface area contributed by atoms with Crippen LogP contribution in [0.25, 0.3) is 0 Å². The molecule has 0 spiro atoms. The fraction of sp³-hybridized carbons (Fsp3) is 1.00. The Morgan fingerprint density at radius 3 is 2.85 bits per heavy atom. The van der Waals surface area contributed by atoms with Crippen LogP contribution in [0, 0.1) is 0 Å². The normalized spacial score (nSPS) is 35.8. The van der Waals surface area contributed by atoms with E-state index in [2.05, 4.69) is 17.1 Å². The van der Waals surface area contributed by atoms with Crippen molar-refractivity contribution in [2.75, 3.05) is 39.3 Å². The maximum atomic E-state index is 5.80. The summed E-state index contributed by atoms with van der Waals surface area (Å²) in [5, 5.41) is 3.39. The first-order chi connectivity index (χ1) is 6.29. The van der Waals surface area contributed by atoms with E-state index in [4.69, 9.17) is 4.74 Å². The van der Waals surface area contributed by atoms with Gasteiger partial charge in [-0.05, 0) is 32.9 Å². The second kappa shape index (κ2) is 3.95. The van der Waals surface area contributed by atoms with Crippen LogP contribution in [0.2, 0.25) is 0 Å². The lowest BCUT2D eigenvalue weighted by molar-refractivity contribution is -0.0642. The lowest BCUT2D eigenvalue weighted by atomic mass is 9.99. The van der Waals surface area contributed by atoms with Crippen LogP contribution < -0.4 is 5.32 Å². The van der Waals surface area contributed by atoms with Gasteiger partial charge in [0.15, 0.2) is 0 Å². The number of likely N-dealkylation sites (tertiary alicyclic amines) is 1. The molecule has 76 valence electrons. The highest BCUT2D eigenvalue weighted by atomic mass is 16.5. The number of hydrogen-bond acceptors (Lipinski definition) is 3. The maximum Gasteiger partial charge on any atom is 0.0791 e. The Bertz CT molecular complexity index is 162. The summed E-state index contributed by atoms with van der Waals surface area (Å²) >= 11 is 0. The Morgan fingerprint density at radius 1 is 1.46 bits per heavy atom. The van der Waals surface area contributed by atoms with E-state index in [1.807, 2.05) is 0 Å². The summed E-state index contributed by atoms with van der Waals surface area (Å²) in [6, 6.07) is 0. The highest BCUT2D eigenvalue weighted by Gasteiger charge is 2.28. The topological polar surface area (TPSA) is 24.5 Å². The van der Waals surface area contributed by atoms with Gasteiger partial charge in [-0.15, -0.1) is 0 Å². The zero-order chi connectivity index (χ0) is 9.15. The Kier molecular flexibility index (Phi) is 2.86. The van der Waals surface area contributed by atoms with Crippen LogP contribution in [0.1, 0.15) is 19.8 Å². The van der Waals surface area contributed by atoms with E-state index in [9.17, 15) is 0 Å². The summed E-state index contributed by atoms with van der Waals surface area (Å²) in [6.07, 6.45) is 2.55. The van der Waals surface area contributed by atoms with Gasteiger partial charge >= 0.3 is 0 Å². The van der Waals surface area contributed by atoms with Crippen molar-refractivity contribution in [3.05, 3.63) is 0 Å². The fourth-order valence-corrected chi connectivity index (χ4v) is 1.93. The number of hydrogen-bond donors (Lipinski definition) is 1. The quantitative estimate of drug-likeness (QED) is 0.689. The molecule has 2 rings (SSSR count). The largest absolute Gasteiger partial charge is 0.373 e. The van der Waals surface area contributed by atoms with Crippen molar-refractivity contribution in [2.45, 2.75) is 25.4 Å². The Hall–Kier alpha value is -0.120. The van der Waals surface area contributed by atoms with Crippen molar-refractivity contribution in [1.29, 1.82) is 0 Å². The molecular formula is C10H20N2O. The highest BCUT2D eigenvalue weighted by molar-refractivity contribution is 4.83. The van der Waals surface area contributed by atoms with E-state index in [0.717, 1.165) is 19.7 Å². The average Bonchev–Trinajstić information content (AvgIpc) is 2.02. The molecule has 2 aliphatic heterocycles. The fourth-order valence-electron chi connectivity index (χ4n) is 1.93. The van der Waals surface area contributed by atoms with Gasteiger partial charge in [0.1, 0.15) is 0 Å². The molecule has 0 amide bonds. The molecule has 0 aromatic heterocycles. The molecule has 2 heterocycles. The predicted octanol–water partition coefficient (Wildman–Crippen LogP) is 0.461. The first-order valence-electron chi connectivity index (χ1n) is 5.36. The van der Waals surface area contributed by atoms with Gasteiger partial charge < -0.3 is 15.0 Å². The summed E-state index contributed by atoms with van der Waals surface area (Å²) < 4.78 is 5.80. The van der Waals surface area contributed by atoms with Crippen molar-refractivity contribution in [3.8, 4) is 0 Å². The SMILES string of the molecule is CC1(CCN2CCC2)CNCCO1. The van der Waals surface area contributed by atoms with E-state index in [-0.39, 0.29) is 5.60 Å². The summed E-state index contributed by atoms with van der Waals surface area (Å²) in [4.78, 5) is 2.50. The van der Waals surface area contributed by atoms with Gasteiger partial charge in [0.25, 0.3) is 0 Å². The third-order valence-electron chi connectivity index (χ3n) is 3.13. The first-order valence-corrected chi connectivity index (χ1v) is 5.36. The number of nitrogens with one attached hydrogen (secondary N) is 1. The third-order valence-corrected chi connectivity index (χ3v) is 3.13. The Labute approximate surface area is 80.4 Å². The predicted molar refractivity (Wildman–Crippen MR) is 52.9 cm³/mol. The molecule has 1 unspecified atom stereocenters. The number of nitrogens with zero attached hydrogens (tertiary/aromatic N) is 1. The van der Waals surface area contributed by atoms with Gasteiger partial charge in [0, 0.05) is 19.6 Å². The van der Waals surface area contributed by atoms with Gasteiger partial charge in [-0.25, -0.2) is 0 Å². The van der Waals surface area contributed by atoms with Gasteiger partial charge in [-0.2, -0.15) is 0 Å². The second-order valence-corrected chi connectivity index (χ2v) is 4.42. The van der Waals surface area contributed by atoms with Crippen LogP contribution >= 0.6 is 0 Å². The van der Waals surface area contributed by atoms with E-state index < -0.39 is 0 Å². The summed E-state index contributed by atoms with van der Waals surface area (Å²) in [7, 11) is 0. The van der Waals surface area contributed by atoms with Crippen LogP contribution in [0.3, 0.4) is 0 Å². The lowest BCUT2D eigenvalue weighted by Gasteiger charge is -2.38. The molecule has 2 fully saturated rings. The average molecular weight is 184 g/mol. The molecule has 3 heteroatoms. The Balaban J connectivity index is 1.71. The molecule has 1 N–H and O–H groups in total. The third kappa shape index (κ3) is 2.42. The van der Waals surface area contributed by atoms with Crippen LogP contribution in [0.4, 0.5) is 0 Å². The molecular weight excluding hydrogens is 164 g/mol.